The summed E-state index contributed by atoms with van der Waals surface area (Å²) in [4.78, 5) is 10.1. The van der Waals surface area contributed by atoms with Crippen LogP contribution in [0.1, 0.15) is 5.56 Å². The number of nitro groups is 1. The monoisotopic (exact) mass is 259 g/mol. The van der Waals surface area contributed by atoms with Gasteiger partial charge < -0.3 is 0 Å². The summed E-state index contributed by atoms with van der Waals surface area (Å²) in [6.07, 6.45) is 1.31. The maximum Gasteiger partial charge on any atom is 0.271 e. The Bertz CT molecular complexity index is 629. The second kappa shape index (κ2) is 5.72. The third kappa shape index (κ3) is 3.35. The van der Waals surface area contributed by atoms with Crippen molar-refractivity contribution in [2.75, 3.05) is 5.43 Å². The van der Waals surface area contributed by atoms with Gasteiger partial charge in [-0.2, -0.15) is 5.10 Å². The average molecular weight is 259 g/mol. The summed E-state index contributed by atoms with van der Waals surface area (Å²) < 4.78 is 13.3. The average Bonchev–Trinajstić information content (AvgIpc) is 2.41. The number of rotatable bonds is 4. The lowest BCUT2D eigenvalue weighted by atomic mass is 10.2. The molecule has 0 saturated heterocycles. The van der Waals surface area contributed by atoms with E-state index in [1.54, 1.807) is 30.3 Å². The Morgan fingerprint density at radius 2 is 2.00 bits per heavy atom. The number of nitrogens with one attached hydrogen (secondary N) is 1. The number of halogens is 1. The zero-order chi connectivity index (χ0) is 13.7. The largest absolute Gasteiger partial charge is 0.278 e. The topological polar surface area (TPSA) is 67.5 Å². The molecule has 0 unspecified atom stereocenters. The number of non-ortho nitro benzene ring substituents is 1. The van der Waals surface area contributed by atoms with Crippen LogP contribution in [0.2, 0.25) is 0 Å². The van der Waals surface area contributed by atoms with Crippen LogP contribution in [0.4, 0.5) is 15.8 Å². The van der Waals surface area contributed by atoms with Gasteiger partial charge in [0.2, 0.25) is 0 Å². The zero-order valence-electron chi connectivity index (χ0n) is 9.79. The summed E-state index contributed by atoms with van der Waals surface area (Å²) in [7, 11) is 0. The van der Waals surface area contributed by atoms with Crippen molar-refractivity contribution in [2.45, 2.75) is 0 Å². The van der Waals surface area contributed by atoms with Gasteiger partial charge >= 0.3 is 0 Å². The van der Waals surface area contributed by atoms with E-state index in [-0.39, 0.29) is 11.5 Å². The van der Waals surface area contributed by atoms with Gasteiger partial charge in [-0.15, -0.1) is 0 Å². The van der Waals surface area contributed by atoms with E-state index >= 15 is 0 Å². The van der Waals surface area contributed by atoms with Crippen LogP contribution in [-0.4, -0.2) is 11.1 Å². The van der Waals surface area contributed by atoms with E-state index < -0.39 is 4.92 Å². The lowest BCUT2D eigenvalue weighted by Crippen LogP contribution is -1.94. The number of anilines is 1. The molecular weight excluding hydrogens is 249 g/mol. The molecule has 0 aliphatic carbocycles. The van der Waals surface area contributed by atoms with Gasteiger partial charge in [0.1, 0.15) is 5.82 Å². The van der Waals surface area contributed by atoms with E-state index in [0.29, 0.717) is 11.3 Å². The summed E-state index contributed by atoms with van der Waals surface area (Å²) in [5, 5.41) is 14.4. The molecule has 0 fully saturated rings. The first-order chi connectivity index (χ1) is 9.16. The third-order valence-electron chi connectivity index (χ3n) is 2.36. The van der Waals surface area contributed by atoms with Gasteiger partial charge in [0.15, 0.2) is 0 Å². The molecule has 0 atom stereocenters. The van der Waals surface area contributed by atoms with Crippen molar-refractivity contribution in [3.8, 4) is 0 Å². The maximum absolute atomic E-state index is 13.3. The number of benzene rings is 2. The SMILES string of the molecule is O=[N+]([O-])c1cccc(N/N=C\c2ccccc2F)c1. The summed E-state index contributed by atoms with van der Waals surface area (Å²) >= 11 is 0. The molecule has 2 aromatic rings. The fraction of sp³-hybridized carbons (Fsp3) is 0. The number of hydrazone groups is 1. The molecule has 0 aliphatic rings. The lowest BCUT2D eigenvalue weighted by Gasteiger charge is -2.00. The number of nitrogens with zero attached hydrogens (tertiary/aromatic N) is 2. The molecule has 0 aromatic heterocycles. The number of nitro benzene ring substituents is 1. The van der Waals surface area contributed by atoms with E-state index in [1.807, 2.05) is 0 Å². The maximum atomic E-state index is 13.3. The molecule has 2 aromatic carbocycles. The van der Waals surface area contributed by atoms with Crippen LogP contribution in [0.5, 0.6) is 0 Å². The first kappa shape index (κ1) is 12.7. The Balaban J connectivity index is 2.09. The summed E-state index contributed by atoms with van der Waals surface area (Å²) in [6, 6.07) is 12.1. The van der Waals surface area contributed by atoms with Gasteiger partial charge in [-0.05, 0) is 12.1 Å². The van der Waals surface area contributed by atoms with Crippen molar-refractivity contribution in [1.82, 2.24) is 0 Å². The van der Waals surface area contributed by atoms with E-state index in [2.05, 4.69) is 10.5 Å². The third-order valence-corrected chi connectivity index (χ3v) is 2.36. The highest BCUT2D eigenvalue weighted by Crippen LogP contribution is 2.16. The minimum Gasteiger partial charge on any atom is -0.278 e. The lowest BCUT2D eigenvalue weighted by molar-refractivity contribution is -0.384. The molecule has 0 aliphatic heterocycles. The first-order valence-electron chi connectivity index (χ1n) is 5.45. The molecule has 0 radical (unpaired) electrons. The highest BCUT2D eigenvalue weighted by atomic mass is 19.1. The Morgan fingerprint density at radius 3 is 2.74 bits per heavy atom. The molecular formula is C13H10FN3O2. The standard InChI is InChI=1S/C13H10FN3O2/c14-13-7-2-1-4-10(13)9-15-16-11-5-3-6-12(8-11)17(18)19/h1-9,16H/b15-9-. The molecule has 19 heavy (non-hydrogen) atoms. The van der Waals surface area contributed by atoms with Crippen molar-refractivity contribution >= 4 is 17.6 Å². The molecule has 0 bridgehead atoms. The van der Waals surface area contributed by atoms with Gasteiger partial charge in [-0.3, -0.25) is 15.5 Å². The Labute approximate surface area is 108 Å². The Hall–Kier alpha value is -2.76. The van der Waals surface area contributed by atoms with E-state index in [0.717, 1.165) is 0 Å². The van der Waals surface area contributed by atoms with E-state index in [4.69, 9.17) is 0 Å². The molecule has 96 valence electrons. The van der Waals surface area contributed by atoms with Crippen LogP contribution >= 0.6 is 0 Å². The Kier molecular flexibility index (Phi) is 3.82. The molecule has 0 spiro atoms. The quantitative estimate of drug-likeness (QED) is 0.521. The molecule has 1 N–H and O–H groups in total. The van der Waals surface area contributed by atoms with Crippen molar-refractivity contribution < 1.29 is 9.31 Å². The second-order valence-electron chi connectivity index (χ2n) is 3.70. The van der Waals surface area contributed by atoms with E-state index in [9.17, 15) is 14.5 Å². The number of hydrogen-bond donors (Lipinski definition) is 1. The highest BCUT2D eigenvalue weighted by molar-refractivity contribution is 5.80. The van der Waals surface area contributed by atoms with Crippen LogP contribution in [0.3, 0.4) is 0 Å². The van der Waals surface area contributed by atoms with Crippen molar-refractivity contribution in [1.29, 1.82) is 0 Å². The van der Waals surface area contributed by atoms with Gasteiger partial charge in [0.25, 0.3) is 5.69 Å². The number of hydrogen-bond acceptors (Lipinski definition) is 4. The highest BCUT2D eigenvalue weighted by Gasteiger charge is 2.04. The molecule has 5 nitrogen and oxygen atoms in total. The fourth-order valence-electron chi connectivity index (χ4n) is 1.45. The minimum atomic E-state index is -0.494. The summed E-state index contributed by atoms with van der Waals surface area (Å²) in [6.45, 7) is 0. The van der Waals surface area contributed by atoms with Crippen LogP contribution in [0, 0.1) is 15.9 Å². The van der Waals surface area contributed by atoms with Gasteiger partial charge in [0.05, 0.1) is 16.8 Å². The summed E-state index contributed by atoms with van der Waals surface area (Å²) in [5.74, 6) is -0.382. The van der Waals surface area contributed by atoms with Gasteiger partial charge in [0, 0.05) is 17.7 Å². The van der Waals surface area contributed by atoms with Gasteiger partial charge in [-0.1, -0.05) is 24.3 Å². The van der Waals surface area contributed by atoms with Gasteiger partial charge in [-0.25, -0.2) is 4.39 Å². The fourth-order valence-corrected chi connectivity index (χ4v) is 1.45. The summed E-state index contributed by atoms with van der Waals surface area (Å²) in [5.41, 5.74) is 3.37. The zero-order valence-corrected chi connectivity index (χ0v) is 9.79. The predicted molar refractivity (Wildman–Crippen MR) is 70.7 cm³/mol. The van der Waals surface area contributed by atoms with E-state index in [1.165, 1.54) is 24.4 Å². The smallest absolute Gasteiger partial charge is 0.271 e. The molecule has 6 heteroatoms. The minimum absolute atomic E-state index is 0.0360. The van der Waals surface area contributed by atoms with Crippen LogP contribution in [-0.2, 0) is 0 Å². The second-order valence-corrected chi connectivity index (χ2v) is 3.70. The molecule has 0 amide bonds. The molecule has 2 rings (SSSR count). The van der Waals surface area contributed by atoms with Crippen molar-refractivity contribution in [3.63, 3.8) is 0 Å². The molecule has 0 heterocycles. The normalized spacial score (nSPS) is 10.6. The van der Waals surface area contributed by atoms with Crippen molar-refractivity contribution in [2.24, 2.45) is 5.10 Å². The first-order valence-corrected chi connectivity index (χ1v) is 5.45. The van der Waals surface area contributed by atoms with Crippen LogP contribution in [0.25, 0.3) is 0 Å². The van der Waals surface area contributed by atoms with Crippen LogP contribution in [0.15, 0.2) is 53.6 Å². The molecule has 0 saturated carbocycles. The van der Waals surface area contributed by atoms with Crippen LogP contribution < -0.4 is 5.43 Å². The predicted octanol–water partition coefficient (Wildman–Crippen LogP) is 3.18. The van der Waals surface area contributed by atoms with Crippen molar-refractivity contribution in [3.05, 3.63) is 70.0 Å². The Morgan fingerprint density at radius 1 is 1.21 bits per heavy atom.